The van der Waals surface area contributed by atoms with Crippen LogP contribution in [0.5, 0.6) is 0 Å². The van der Waals surface area contributed by atoms with Gasteiger partial charge in [-0.2, -0.15) is 0 Å². The number of likely N-dealkylation sites (tertiary alicyclic amines) is 1. The van der Waals surface area contributed by atoms with Crippen LogP contribution >= 0.6 is 0 Å². The number of anilines is 2. The zero-order valence-corrected chi connectivity index (χ0v) is 14.8. The Hall–Kier alpha value is -2.37. The molecule has 0 bridgehead atoms. The van der Waals surface area contributed by atoms with Gasteiger partial charge >= 0.3 is 0 Å². The van der Waals surface area contributed by atoms with Crippen molar-refractivity contribution in [2.75, 3.05) is 29.9 Å². The quantitative estimate of drug-likeness (QED) is 0.915. The molecule has 3 rings (SSSR count). The fraction of sp³-hybridized carbons (Fsp3) is 0.526. The van der Waals surface area contributed by atoms with E-state index in [2.05, 4.69) is 19.2 Å². The van der Waals surface area contributed by atoms with Gasteiger partial charge in [0.2, 0.25) is 17.7 Å². The van der Waals surface area contributed by atoms with E-state index in [1.165, 1.54) is 4.90 Å². The van der Waals surface area contributed by atoms with Crippen molar-refractivity contribution in [2.24, 2.45) is 11.8 Å². The van der Waals surface area contributed by atoms with Gasteiger partial charge in [-0.05, 0) is 30.4 Å². The molecule has 1 aromatic rings. The van der Waals surface area contributed by atoms with Crippen molar-refractivity contribution in [1.29, 1.82) is 0 Å². The first-order valence-corrected chi connectivity index (χ1v) is 8.91. The first kappa shape index (κ1) is 17.5. The van der Waals surface area contributed by atoms with Crippen molar-refractivity contribution >= 4 is 29.1 Å². The molecule has 0 saturated carbocycles. The van der Waals surface area contributed by atoms with Crippen molar-refractivity contribution in [2.45, 2.75) is 33.1 Å². The van der Waals surface area contributed by atoms with Crippen LogP contribution in [0, 0.1) is 11.8 Å². The number of hydrogen-bond donors (Lipinski definition) is 1. The van der Waals surface area contributed by atoms with E-state index in [0.29, 0.717) is 23.2 Å². The van der Waals surface area contributed by atoms with Crippen molar-refractivity contribution in [1.82, 2.24) is 4.90 Å². The SMILES string of the molecule is CC1CC(C)CN(C(=O)CCC(=O)N2CC(=O)Nc3ccccc32)C1. The molecule has 1 fully saturated rings. The molecule has 134 valence electrons. The Kier molecular flexibility index (Phi) is 5.06. The fourth-order valence-electron chi connectivity index (χ4n) is 3.83. The van der Waals surface area contributed by atoms with Crippen LogP contribution in [0.4, 0.5) is 11.4 Å². The number of nitrogens with zero attached hydrogens (tertiary/aromatic N) is 2. The molecule has 25 heavy (non-hydrogen) atoms. The Bertz CT molecular complexity index is 678. The average molecular weight is 343 g/mol. The Morgan fingerprint density at radius 2 is 1.72 bits per heavy atom. The first-order chi connectivity index (χ1) is 11.9. The molecular formula is C19H25N3O3. The van der Waals surface area contributed by atoms with E-state index in [1.807, 2.05) is 23.1 Å². The number of benzene rings is 1. The molecule has 2 aliphatic rings. The number of para-hydroxylation sites is 2. The number of rotatable bonds is 3. The van der Waals surface area contributed by atoms with Crippen molar-refractivity contribution in [3.05, 3.63) is 24.3 Å². The normalized spacial score (nSPS) is 23.0. The van der Waals surface area contributed by atoms with E-state index in [9.17, 15) is 14.4 Å². The van der Waals surface area contributed by atoms with Crippen LogP contribution in [0.1, 0.15) is 33.1 Å². The molecule has 1 saturated heterocycles. The maximum absolute atomic E-state index is 12.6. The number of nitrogens with one attached hydrogen (secondary N) is 1. The summed E-state index contributed by atoms with van der Waals surface area (Å²) in [6.45, 7) is 5.86. The lowest BCUT2D eigenvalue weighted by Crippen LogP contribution is -2.44. The van der Waals surface area contributed by atoms with E-state index in [0.717, 1.165) is 19.5 Å². The highest BCUT2D eigenvalue weighted by molar-refractivity contribution is 6.10. The standard InChI is InChI=1S/C19H25N3O3/c1-13-9-14(2)11-21(10-13)18(24)7-8-19(25)22-12-17(23)20-15-5-3-4-6-16(15)22/h3-6,13-14H,7-12H2,1-2H3,(H,20,23). The summed E-state index contributed by atoms with van der Waals surface area (Å²) < 4.78 is 0. The lowest BCUT2D eigenvalue weighted by Gasteiger charge is -2.35. The monoisotopic (exact) mass is 343 g/mol. The van der Waals surface area contributed by atoms with Crippen LogP contribution in [-0.2, 0) is 14.4 Å². The molecule has 0 radical (unpaired) electrons. The zero-order chi connectivity index (χ0) is 18.0. The second-order valence-corrected chi connectivity index (χ2v) is 7.29. The maximum atomic E-state index is 12.6. The molecule has 2 aliphatic heterocycles. The molecule has 1 N–H and O–H groups in total. The number of fused-ring (bicyclic) bond motifs is 1. The second-order valence-electron chi connectivity index (χ2n) is 7.29. The highest BCUT2D eigenvalue weighted by Crippen LogP contribution is 2.29. The van der Waals surface area contributed by atoms with Crippen molar-refractivity contribution in [3.63, 3.8) is 0 Å². The minimum Gasteiger partial charge on any atom is -0.342 e. The Morgan fingerprint density at radius 3 is 2.44 bits per heavy atom. The molecule has 0 aromatic heterocycles. The zero-order valence-electron chi connectivity index (χ0n) is 14.8. The molecule has 0 aliphatic carbocycles. The summed E-state index contributed by atoms with van der Waals surface area (Å²) in [5.41, 5.74) is 1.33. The molecule has 6 heteroatoms. The first-order valence-electron chi connectivity index (χ1n) is 8.91. The highest BCUT2D eigenvalue weighted by atomic mass is 16.2. The fourth-order valence-corrected chi connectivity index (χ4v) is 3.83. The van der Waals surface area contributed by atoms with Crippen LogP contribution in [0.15, 0.2) is 24.3 Å². The lowest BCUT2D eigenvalue weighted by atomic mass is 9.91. The summed E-state index contributed by atoms with van der Waals surface area (Å²) in [5, 5.41) is 2.76. The Morgan fingerprint density at radius 1 is 1.08 bits per heavy atom. The van der Waals surface area contributed by atoms with Gasteiger partial charge < -0.3 is 15.1 Å². The third-order valence-corrected chi connectivity index (χ3v) is 4.85. The summed E-state index contributed by atoms with van der Waals surface area (Å²) in [5.74, 6) is 0.634. The Labute approximate surface area is 148 Å². The van der Waals surface area contributed by atoms with Gasteiger partial charge in [0.1, 0.15) is 6.54 Å². The van der Waals surface area contributed by atoms with Crippen molar-refractivity contribution < 1.29 is 14.4 Å². The van der Waals surface area contributed by atoms with Gasteiger partial charge in [0.25, 0.3) is 0 Å². The van der Waals surface area contributed by atoms with Gasteiger partial charge in [-0.1, -0.05) is 26.0 Å². The number of hydrogen-bond acceptors (Lipinski definition) is 3. The van der Waals surface area contributed by atoms with Gasteiger partial charge in [-0.3, -0.25) is 14.4 Å². The maximum Gasteiger partial charge on any atom is 0.244 e. The number of amides is 3. The van der Waals surface area contributed by atoms with Gasteiger partial charge in [0.15, 0.2) is 0 Å². The average Bonchev–Trinajstić information content (AvgIpc) is 2.57. The molecule has 2 atom stereocenters. The van der Waals surface area contributed by atoms with E-state index < -0.39 is 0 Å². The van der Waals surface area contributed by atoms with Crippen LogP contribution in [0.25, 0.3) is 0 Å². The largest absolute Gasteiger partial charge is 0.342 e. The highest BCUT2D eigenvalue weighted by Gasteiger charge is 2.29. The lowest BCUT2D eigenvalue weighted by molar-refractivity contribution is -0.135. The van der Waals surface area contributed by atoms with Crippen LogP contribution in [0.2, 0.25) is 0 Å². The van der Waals surface area contributed by atoms with E-state index in [1.54, 1.807) is 6.07 Å². The van der Waals surface area contributed by atoms with Gasteiger partial charge in [0, 0.05) is 25.9 Å². The van der Waals surface area contributed by atoms with Gasteiger partial charge in [-0.15, -0.1) is 0 Å². The molecular weight excluding hydrogens is 318 g/mol. The molecule has 3 amide bonds. The molecule has 0 spiro atoms. The summed E-state index contributed by atoms with van der Waals surface area (Å²) >= 11 is 0. The third kappa shape index (κ3) is 4.00. The summed E-state index contributed by atoms with van der Waals surface area (Å²) in [4.78, 5) is 40.2. The molecule has 2 unspecified atom stereocenters. The molecule has 2 heterocycles. The second kappa shape index (κ2) is 7.25. The minimum atomic E-state index is -0.211. The predicted octanol–water partition coefficient (Wildman–Crippen LogP) is 2.26. The van der Waals surface area contributed by atoms with Crippen LogP contribution in [-0.4, -0.2) is 42.3 Å². The van der Waals surface area contributed by atoms with E-state index in [-0.39, 0.29) is 37.1 Å². The van der Waals surface area contributed by atoms with E-state index >= 15 is 0 Å². The third-order valence-electron chi connectivity index (χ3n) is 4.85. The number of carbonyl (C=O) groups is 3. The number of carbonyl (C=O) groups excluding carboxylic acids is 3. The molecule has 1 aromatic carbocycles. The Balaban J connectivity index is 1.61. The summed E-state index contributed by atoms with van der Waals surface area (Å²) in [6, 6.07) is 7.23. The van der Waals surface area contributed by atoms with Gasteiger partial charge in [0.05, 0.1) is 11.4 Å². The summed E-state index contributed by atoms with van der Waals surface area (Å²) in [7, 11) is 0. The van der Waals surface area contributed by atoms with Gasteiger partial charge in [-0.25, -0.2) is 0 Å². The summed E-state index contributed by atoms with van der Waals surface area (Å²) in [6.07, 6.45) is 1.46. The van der Waals surface area contributed by atoms with Crippen LogP contribution < -0.4 is 10.2 Å². The van der Waals surface area contributed by atoms with Crippen LogP contribution in [0.3, 0.4) is 0 Å². The van der Waals surface area contributed by atoms with E-state index in [4.69, 9.17) is 0 Å². The topological polar surface area (TPSA) is 69.7 Å². The molecule has 6 nitrogen and oxygen atoms in total. The smallest absolute Gasteiger partial charge is 0.244 e. The minimum absolute atomic E-state index is 0.00181. The predicted molar refractivity (Wildman–Crippen MR) is 96.2 cm³/mol. The number of piperidine rings is 1. The van der Waals surface area contributed by atoms with Crippen molar-refractivity contribution in [3.8, 4) is 0 Å².